The number of hydrogen-bond donors (Lipinski definition) is 0. The average Bonchev–Trinajstić information content (AvgIpc) is 2.93. The van der Waals surface area contributed by atoms with Gasteiger partial charge in [-0.25, -0.2) is 0 Å². The van der Waals surface area contributed by atoms with Crippen LogP contribution in [-0.2, 0) is 6.54 Å². The second-order valence-electron chi connectivity index (χ2n) is 5.23. The highest BCUT2D eigenvalue weighted by atomic mass is 32.1. The molecule has 0 atom stereocenters. The van der Waals surface area contributed by atoms with Crippen LogP contribution in [0.5, 0.6) is 0 Å². The molecule has 0 unspecified atom stereocenters. The first-order chi connectivity index (χ1) is 11.6. The van der Waals surface area contributed by atoms with Crippen LogP contribution in [0, 0.1) is 10.1 Å². The minimum atomic E-state index is -0.520. The monoisotopic (exact) mass is 341 g/mol. The van der Waals surface area contributed by atoms with Gasteiger partial charge in [0.15, 0.2) is 4.80 Å². The summed E-state index contributed by atoms with van der Waals surface area (Å²) in [5.74, 6) is -0.477. The van der Waals surface area contributed by atoms with Gasteiger partial charge < -0.3 is 4.57 Å². The zero-order valence-electron chi connectivity index (χ0n) is 13.0. The van der Waals surface area contributed by atoms with Crippen LogP contribution in [0.1, 0.15) is 23.7 Å². The largest absolute Gasteiger partial charge is 0.316 e. The van der Waals surface area contributed by atoms with E-state index in [2.05, 4.69) is 11.9 Å². The van der Waals surface area contributed by atoms with E-state index >= 15 is 0 Å². The Balaban J connectivity index is 2.09. The molecule has 0 saturated heterocycles. The number of carbonyl (C=O) groups is 1. The van der Waals surface area contributed by atoms with Crippen LogP contribution in [0.25, 0.3) is 10.2 Å². The minimum absolute atomic E-state index is 0.117. The molecule has 122 valence electrons. The molecule has 0 radical (unpaired) electrons. The maximum atomic E-state index is 12.4. The molecule has 0 aliphatic carbocycles. The summed E-state index contributed by atoms with van der Waals surface area (Å²) in [5, 5.41) is 10.9. The summed E-state index contributed by atoms with van der Waals surface area (Å²) >= 11 is 1.44. The number of fused-ring (bicyclic) bond motifs is 1. The van der Waals surface area contributed by atoms with Crippen LogP contribution in [-0.4, -0.2) is 15.4 Å². The molecule has 0 N–H and O–H groups in total. The average molecular weight is 341 g/mol. The van der Waals surface area contributed by atoms with E-state index < -0.39 is 10.8 Å². The van der Waals surface area contributed by atoms with E-state index in [9.17, 15) is 14.9 Å². The lowest BCUT2D eigenvalue weighted by molar-refractivity contribution is -0.384. The zero-order chi connectivity index (χ0) is 17.1. The summed E-state index contributed by atoms with van der Waals surface area (Å²) in [6.45, 7) is 2.82. The van der Waals surface area contributed by atoms with Crippen LogP contribution in [0.3, 0.4) is 0 Å². The van der Waals surface area contributed by atoms with Gasteiger partial charge in [0.1, 0.15) is 0 Å². The van der Waals surface area contributed by atoms with Gasteiger partial charge in [-0.2, -0.15) is 4.99 Å². The van der Waals surface area contributed by atoms with Gasteiger partial charge in [-0.05, 0) is 24.6 Å². The second kappa shape index (κ2) is 6.76. The highest BCUT2D eigenvalue weighted by Gasteiger charge is 2.12. The van der Waals surface area contributed by atoms with Crippen LogP contribution in [0.15, 0.2) is 53.5 Å². The van der Waals surface area contributed by atoms with E-state index in [0.29, 0.717) is 4.80 Å². The number of thiazole rings is 1. The predicted molar refractivity (Wildman–Crippen MR) is 93.1 cm³/mol. The molecule has 6 nitrogen and oxygen atoms in total. The number of benzene rings is 2. The minimum Gasteiger partial charge on any atom is -0.316 e. The van der Waals surface area contributed by atoms with E-state index in [4.69, 9.17) is 0 Å². The molecule has 2 aromatic carbocycles. The Morgan fingerprint density at radius 2 is 2.04 bits per heavy atom. The van der Waals surface area contributed by atoms with Gasteiger partial charge in [0.2, 0.25) is 0 Å². The molecule has 0 spiro atoms. The van der Waals surface area contributed by atoms with Crippen molar-refractivity contribution in [1.82, 2.24) is 4.57 Å². The molecule has 1 amide bonds. The van der Waals surface area contributed by atoms with Crippen molar-refractivity contribution >= 4 is 33.1 Å². The van der Waals surface area contributed by atoms with Crippen molar-refractivity contribution in [1.29, 1.82) is 0 Å². The Labute approximate surface area is 141 Å². The zero-order valence-corrected chi connectivity index (χ0v) is 13.8. The Kier molecular flexibility index (Phi) is 4.52. The number of aromatic nitrogens is 1. The molecular formula is C17H15N3O3S. The van der Waals surface area contributed by atoms with Crippen LogP contribution in [0.2, 0.25) is 0 Å². The van der Waals surface area contributed by atoms with Crippen molar-refractivity contribution < 1.29 is 9.72 Å². The molecule has 1 aromatic heterocycles. The fraction of sp³-hybridized carbons (Fsp3) is 0.176. The fourth-order valence-corrected chi connectivity index (χ4v) is 3.50. The number of carbonyl (C=O) groups excluding carboxylic acids is 1. The van der Waals surface area contributed by atoms with Crippen LogP contribution < -0.4 is 4.80 Å². The molecule has 1 heterocycles. The third-order valence-corrected chi connectivity index (χ3v) is 4.60. The van der Waals surface area contributed by atoms with Crippen molar-refractivity contribution in [3.63, 3.8) is 0 Å². The smallest absolute Gasteiger partial charge is 0.279 e. The fourth-order valence-electron chi connectivity index (χ4n) is 2.45. The molecule has 0 saturated carbocycles. The van der Waals surface area contributed by atoms with E-state index in [1.807, 2.05) is 28.8 Å². The van der Waals surface area contributed by atoms with Gasteiger partial charge in [-0.1, -0.05) is 36.5 Å². The summed E-state index contributed by atoms with van der Waals surface area (Å²) in [5.41, 5.74) is 1.13. The number of para-hydroxylation sites is 1. The van der Waals surface area contributed by atoms with Crippen molar-refractivity contribution in [3.05, 3.63) is 69.0 Å². The number of nitro benzene ring substituents is 1. The highest BCUT2D eigenvalue weighted by Crippen LogP contribution is 2.18. The van der Waals surface area contributed by atoms with E-state index in [1.165, 1.54) is 35.6 Å². The highest BCUT2D eigenvalue weighted by molar-refractivity contribution is 7.16. The van der Waals surface area contributed by atoms with Crippen LogP contribution >= 0.6 is 11.3 Å². The van der Waals surface area contributed by atoms with E-state index in [-0.39, 0.29) is 11.3 Å². The molecule has 0 bridgehead atoms. The molecule has 0 aliphatic rings. The van der Waals surface area contributed by atoms with E-state index in [0.717, 1.165) is 23.2 Å². The van der Waals surface area contributed by atoms with Crippen LogP contribution in [0.4, 0.5) is 5.69 Å². The van der Waals surface area contributed by atoms with Gasteiger partial charge >= 0.3 is 0 Å². The predicted octanol–water partition coefficient (Wildman–Crippen LogP) is 3.76. The number of aryl methyl sites for hydroxylation is 1. The lowest BCUT2D eigenvalue weighted by Gasteiger charge is -2.02. The van der Waals surface area contributed by atoms with E-state index in [1.54, 1.807) is 0 Å². The van der Waals surface area contributed by atoms with Crippen molar-refractivity contribution in [2.45, 2.75) is 19.9 Å². The van der Waals surface area contributed by atoms with Gasteiger partial charge in [0, 0.05) is 24.2 Å². The first-order valence-electron chi connectivity index (χ1n) is 7.52. The second-order valence-corrected chi connectivity index (χ2v) is 6.24. The first-order valence-corrected chi connectivity index (χ1v) is 8.33. The molecular weight excluding hydrogens is 326 g/mol. The summed E-state index contributed by atoms with van der Waals surface area (Å²) in [6, 6.07) is 13.5. The first kappa shape index (κ1) is 16.1. The lowest BCUT2D eigenvalue weighted by Crippen LogP contribution is -2.16. The number of nitro groups is 1. The van der Waals surface area contributed by atoms with Crippen molar-refractivity contribution in [2.24, 2.45) is 4.99 Å². The molecule has 7 heteroatoms. The maximum Gasteiger partial charge on any atom is 0.279 e. The Morgan fingerprint density at radius 3 is 2.79 bits per heavy atom. The summed E-state index contributed by atoms with van der Waals surface area (Å²) in [4.78, 5) is 27.6. The molecule has 0 fully saturated rings. The Hall–Kier alpha value is -2.80. The van der Waals surface area contributed by atoms with Gasteiger partial charge in [0.25, 0.3) is 11.6 Å². The topological polar surface area (TPSA) is 77.5 Å². The molecule has 24 heavy (non-hydrogen) atoms. The number of non-ortho nitro benzene ring substituents is 1. The normalized spacial score (nSPS) is 11.8. The molecule has 0 aliphatic heterocycles. The van der Waals surface area contributed by atoms with Gasteiger partial charge in [0.05, 0.1) is 15.1 Å². The molecule has 3 rings (SSSR count). The summed E-state index contributed by atoms with van der Waals surface area (Å²) in [7, 11) is 0. The van der Waals surface area contributed by atoms with Gasteiger partial charge in [-0.15, -0.1) is 0 Å². The van der Waals surface area contributed by atoms with Crippen molar-refractivity contribution in [3.8, 4) is 0 Å². The van der Waals surface area contributed by atoms with Crippen molar-refractivity contribution in [2.75, 3.05) is 0 Å². The molecule has 3 aromatic rings. The Morgan fingerprint density at radius 1 is 1.25 bits per heavy atom. The number of amides is 1. The van der Waals surface area contributed by atoms with Gasteiger partial charge in [-0.3, -0.25) is 14.9 Å². The number of hydrogen-bond acceptors (Lipinski definition) is 4. The summed E-state index contributed by atoms with van der Waals surface area (Å²) in [6.07, 6.45) is 0.916. The summed E-state index contributed by atoms with van der Waals surface area (Å²) < 4.78 is 3.06. The third kappa shape index (κ3) is 3.11. The maximum absolute atomic E-state index is 12.4. The SMILES string of the molecule is CCCn1c(=NC(=O)c2cccc([N+](=O)[O-])c2)sc2ccccc21. The third-order valence-electron chi connectivity index (χ3n) is 3.54. The lowest BCUT2D eigenvalue weighted by atomic mass is 10.2. The quantitative estimate of drug-likeness (QED) is 0.535. The standard InChI is InChI=1S/C17H15N3O3S/c1-2-10-19-14-8-3-4-9-15(14)24-17(19)18-16(21)12-6-5-7-13(11-12)20(22)23/h3-9,11H,2,10H2,1H3. The number of rotatable bonds is 4. The Bertz CT molecular complexity index is 988. The number of nitrogens with zero attached hydrogens (tertiary/aromatic N) is 3.